The zero-order chi connectivity index (χ0) is 22.4. The number of unbranched alkanes of at least 4 members (excludes halogenated alkanes) is 8. The van der Waals surface area contributed by atoms with Gasteiger partial charge in [0.25, 0.3) is 0 Å². The molecule has 0 radical (unpaired) electrons. The van der Waals surface area contributed by atoms with E-state index in [0.29, 0.717) is 6.42 Å². The summed E-state index contributed by atoms with van der Waals surface area (Å²) in [6.07, 6.45) is 3.22. The maximum absolute atomic E-state index is 12.0. The molecule has 0 aliphatic carbocycles. The van der Waals surface area contributed by atoms with Crippen molar-refractivity contribution >= 4 is 11.9 Å². The number of hydrogen-bond acceptors (Lipinski definition) is 8. The fraction of sp³-hybridized carbons (Fsp3) is 0.909. The fourth-order valence-electron chi connectivity index (χ4n) is 3.33. The highest BCUT2D eigenvalue weighted by atomic mass is 16.7. The van der Waals surface area contributed by atoms with Gasteiger partial charge in [-0.3, -0.25) is 9.59 Å². The SMILES string of the molecule is CCCCCCCC(=O)OCC1OC(OC(=O)CCCCCCC)C(O)C(O)C1O. The lowest BCUT2D eigenvalue weighted by atomic mass is 9.99. The zero-order valence-electron chi connectivity index (χ0n) is 18.5. The average Bonchev–Trinajstić information content (AvgIpc) is 2.73. The standard InChI is InChI=1S/C22H40O8/c1-3-5-7-9-11-13-17(23)28-15-16-19(25)20(26)21(27)22(29-16)30-18(24)14-12-10-8-6-4-2/h16,19-22,25-27H,3-15H2,1-2H3. The van der Waals surface area contributed by atoms with Crippen molar-refractivity contribution in [2.75, 3.05) is 6.61 Å². The normalized spacial score (nSPS) is 26.4. The monoisotopic (exact) mass is 432 g/mol. The second kappa shape index (κ2) is 15.6. The fourth-order valence-corrected chi connectivity index (χ4v) is 3.33. The van der Waals surface area contributed by atoms with Crippen LogP contribution in [0.5, 0.6) is 0 Å². The zero-order valence-corrected chi connectivity index (χ0v) is 18.5. The Morgan fingerprint density at radius 3 is 1.83 bits per heavy atom. The average molecular weight is 433 g/mol. The molecular formula is C22H40O8. The number of aliphatic hydroxyl groups excluding tert-OH is 3. The minimum atomic E-state index is -1.57. The molecule has 0 amide bonds. The quantitative estimate of drug-likeness (QED) is 0.267. The topological polar surface area (TPSA) is 123 Å². The third kappa shape index (κ3) is 10.2. The molecule has 1 saturated heterocycles. The van der Waals surface area contributed by atoms with Crippen LogP contribution in [0.25, 0.3) is 0 Å². The molecule has 5 atom stereocenters. The Labute approximate surface area is 179 Å². The molecule has 176 valence electrons. The van der Waals surface area contributed by atoms with Crippen LogP contribution in [0.1, 0.15) is 90.9 Å². The smallest absolute Gasteiger partial charge is 0.308 e. The van der Waals surface area contributed by atoms with Crippen molar-refractivity contribution in [1.29, 1.82) is 0 Å². The highest BCUT2D eigenvalue weighted by Gasteiger charge is 2.46. The molecular weight excluding hydrogens is 392 g/mol. The van der Waals surface area contributed by atoms with Crippen LogP contribution in [0.4, 0.5) is 0 Å². The summed E-state index contributed by atoms with van der Waals surface area (Å²) in [6.45, 7) is 3.94. The van der Waals surface area contributed by atoms with E-state index in [1.807, 2.05) is 0 Å². The molecule has 0 saturated carbocycles. The second-order valence-electron chi connectivity index (χ2n) is 8.02. The van der Waals surface area contributed by atoms with Crippen molar-refractivity contribution in [2.24, 2.45) is 0 Å². The Balaban J connectivity index is 2.39. The Hall–Kier alpha value is -1.22. The lowest BCUT2D eigenvalue weighted by molar-refractivity contribution is -0.293. The molecule has 1 aliphatic rings. The molecule has 8 heteroatoms. The Morgan fingerprint density at radius 1 is 0.733 bits per heavy atom. The van der Waals surface area contributed by atoms with Gasteiger partial charge in [-0.1, -0.05) is 65.2 Å². The van der Waals surface area contributed by atoms with Gasteiger partial charge < -0.3 is 29.5 Å². The molecule has 0 aromatic carbocycles. The van der Waals surface area contributed by atoms with Crippen molar-refractivity contribution in [3.05, 3.63) is 0 Å². The molecule has 0 aromatic heterocycles. The van der Waals surface area contributed by atoms with Crippen LogP contribution in [0.15, 0.2) is 0 Å². The van der Waals surface area contributed by atoms with Gasteiger partial charge in [0.15, 0.2) is 0 Å². The van der Waals surface area contributed by atoms with Gasteiger partial charge >= 0.3 is 11.9 Å². The summed E-state index contributed by atoms with van der Waals surface area (Å²) in [5.74, 6) is -0.953. The van der Waals surface area contributed by atoms with Gasteiger partial charge in [-0.25, -0.2) is 0 Å². The number of hydrogen-bond donors (Lipinski definition) is 3. The number of rotatable bonds is 15. The molecule has 0 bridgehead atoms. The van der Waals surface area contributed by atoms with Crippen LogP contribution in [0.3, 0.4) is 0 Å². The molecule has 8 nitrogen and oxygen atoms in total. The number of aliphatic hydroxyl groups is 3. The Kier molecular flexibility index (Phi) is 13.9. The van der Waals surface area contributed by atoms with Crippen LogP contribution in [0, 0.1) is 0 Å². The van der Waals surface area contributed by atoms with E-state index < -0.39 is 42.6 Å². The van der Waals surface area contributed by atoms with Gasteiger partial charge in [0, 0.05) is 12.8 Å². The molecule has 0 spiro atoms. The maximum atomic E-state index is 12.0. The van der Waals surface area contributed by atoms with Crippen molar-refractivity contribution in [3.63, 3.8) is 0 Å². The van der Waals surface area contributed by atoms with E-state index in [0.717, 1.165) is 57.8 Å². The van der Waals surface area contributed by atoms with Gasteiger partial charge in [-0.05, 0) is 12.8 Å². The summed E-state index contributed by atoms with van der Waals surface area (Å²) in [5, 5.41) is 30.2. The first-order valence-corrected chi connectivity index (χ1v) is 11.4. The maximum Gasteiger partial charge on any atom is 0.308 e. The van der Waals surface area contributed by atoms with Crippen molar-refractivity contribution in [1.82, 2.24) is 0 Å². The number of carbonyl (C=O) groups is 2. The summed E-state index contributed by atoms with van der Waals surface area (Å²) >= 11 is 0. The highest BCUT2D eigenvalue weighted by molar-refractivity contribution is 5.69. The molecule has 5 unspecified atom stereocenters. The minimum absolute atomic E-state index is 0.187. The van der Waals surface area contributed by atoms with E-state index in [1.54, 1.807) is 0 Å². The van der Waals surface area contributed by atoms with Crippen molar-refractivity contribution in [2.45, 2.75) is 122 Å². The summed E-state index contributed by atoms with van der Waals surface area (Å²) in [5.41, 5.74) is 0. The van der Waals surface area contributed by atoms with Crippen molar-refractivity contribution < 1.29 is 39.1 Å². The van der Waals surface area contributed by atoms with Crippen LogP contribution in [-0.2, 0) is 23.8 Å². The molecule has 1 heterocycles. The van der Waals surface area contributed by atoms with E-state index in [2.05, 4.69) is 13.8 Å². The summed E-state index contributed by atoms with van der Waals surface area (Å²) < 4.78 is 15.7. The van der Waals surface area contributed by atoms with Gasteiger partial charge in [0.1, 0.15) is 31.0 Å². The number of carbonyl (C=O) groups excluding carboxylic acids is 2. The van der Waals surface area contributed by atoms with Crippen LogP contribution in [0.2, 0.25) is 0 Å². The molecule has 1 fully saturated rings. The number of ether oxygens (including phenoxy) is 3. The largest absolute Gasteiger partial charge is 0.463 e. The summed E-state index contributed by atoms with van der Waals surface area (Å²) in [6, 6.07) is 0. The molecule has 0 aromatic rings. The third-order valence-electron chi connectivity index (χ3n) is 5.29. The van der Waals surface area contributed by atoms with Crippen LogP contribution >= 0.6 is 0 Å². The highest BCUT2D eigenvalue weighted by Crippen LogP contribution is 2.23. The first kappa shape index (κ1) is 26.8. The van der Waals surface area contributed by atoms with Gasteiger partial charge in [-0.2, -0.15) is 0 Å². The molecule has 3 N–H and O–H groups in total. The summed E-state index contributed by atoms with van der Waals surface area (Å²) in [7, 11) is 0. The second-order valence-corrected chi connectivity index (χ2v) is 8.02. The Bertz CT molecular complexity index is 482. The predicted molar refractivity (Wildman–Crippen MR) is 110 cm³/mol. The van der Waals surface area contributed by atoms with E-state index in [1.165, 1.54) is 0 Å². The first-order valence-electron chi connectivity index (χ1n) is 11.4. The van der Waals surface area contributed by atoms with E-state index in [4.69, 9.17) is 14.2 Å². The predicted octanol–water partition coefficient (Wildman–Crippen LogP) is 2.60. The number of esters is 2. The summed E-state index contributed by atoms with van der Waals surface area (Å²) in [4.78, 5) is 23.9. The Morgan fingerprint density at radius 2 is 1.27 bits per heavy atom. The first-order chi connectivity index (χ1) is 14.4. The molecule has 30 heavy (non-hydrogen) atoms. The molecule has 1 aliphatic heterocycles. The van der Waals surface area contributed by atoms with Crippen LogP contribution < -0.4 is 0 Å². The van der Waals surface area contributed by atoms with Gasteiger partial charge in [0.2, 0.25) is 6.29 Å². The molecule has 1 rings (SSSR count). The van der Waals surface area contributed by atoms with E-state index >= 15 is 0 Å². The third-order valence-corrected chi connectivity index (χ3v) is 5.29. The van der Waals surface area contributed by atoms with Crippen molar-refractivity contribution in [3.8, 4) is 0 Å². The van der Waals surface area contributed by atoms with E-state index in [-0.39, 0.29) is 19.4 Å². The lowest BCUT2D eigenvalue weighted by Gasteiger charge is -2.39. The minimum Gasteiger partial charge on any atom is -0.463 e. The lowest BCUT2D eigenvalue weighted by Crippen LogP contribution is -2.59. The van der Waals surface area contributed by atoms with Crippen LogP contribution in [-0.4, -0.2) is 64.6 Å². The van der Waals surface area contributed by atoms with E-state index in [9.17, 15) is 24.9 Å². The van der Waals surface area contributed by atoms with Gasteiger partial charge in [0.05, 0.1) is 0 Å². The van der Waals surface area contributed by atoms with Gasteiger partial charge in [-0.15, -0.1) is 0 Å².